The van der Waals surface area contributed by atoms with E-state index in [1.807, 2.05) is 6.07 Å². The van der Waals surface area contributed by atoms with Gasteiger partial charge in [-0.25, -0.2) is 4.99 Å². The van der Waals surface area contributed by atoms with Gasteiger partial charge < -0.3 is 11.1 Å². The molecule has 0 unspecified atom stereocenters. The summed E-state index contributed by atoms with van der Waals surface area (Å²) in [6.45, 7) is 0.657. The van der Waals surface area contributed by atoms with Crippen LogP contribution < -0.4 is 11.1 Å². The molecule has 0 saturated heterocycles. The first-order valence-electron chi connectivity index (χ1n) is 6.04. The highest BCUT2D eigenvalue weighted by molar-refractivity contribution is 9.10. The Balaban J connectivity index is 1.82. The fourth-order valence-electron chi connectivity index (χ4n) is 2.10. The zero-order chi connectivity index (χ0) is 12.1. The second-order valence-electron chi connectivity index (χ2n) is 4.37. The van der Waals surface area contributed by atoms with Crippen LogP contribution >= 0.6 is 27.3 Å². The number of nitrogens with two attached hydrogens (primary N) is 1. The molecule has 1 aliphatic carbocycles. The summed E-state index contributed by atoms with van der Waals surface area (Å²) in [5.41, 5.74) is 5.90. The number of nitrogens with one attached hydrogen (secondary N) is 1. The van der Waals surface area contributed by atoms with Crippen LogP contribution in [0.3, 0.4) is 0 Å². The van der Waals surface area contributed by atoms with Crippen molar-refractivity contribution in [3.05, 3.63) is 20.8 Å². The van der Waals surface area contributed by atoms with Crippen LogP contribution in [0.25, 0.3) is 0 Å². The number of hydrogen-bond acceptors (Lipinski definition) is 2. The summed E-state index contributed by atoms with van der Waals surface area (Å²) in [5.74, 6) is 0.581. The van der Waals surface area contributed by atoms with Crippen LogP contribution in [0.15, 0.2) is 20.9 Å². The van der Waals surface area contributed by atoms with E-state index in [2.05, 4.69) is 31.6 Å². The maximum absolute atomic E-state index is 5.90. The molecule has 94 valence electrons. The lowest BCUT2D eigenvalue weighted by atomic mass is 9.96. The molecule has 2 rings (SSSR count). The fourth-order valence-corrected chi connectivity index (χ4v) is 3.50. The number of nitrogens with zero attached hydrogens (tertiary/aromatic N) is 1. The lowest BCUT2D eigenvalue weighted by molar-refractivity contribution is 0.412. The van der Waals surface area contributed by atoms with Crippen molar-refractivity contribution in [1.82, 2.24) is 5.32 Å². The number of halogens is 1. The molecule has 0 spiro atoms. The molecule has 17 heavy (non-hydrogen) atoms. The number of thiophene rings is 1. The molecule has 0 aromatic carbocycles. The van der Waals surface area contributed by atoms with Gasteiger partial charge in [-0.2, -0.15) is 0 Å². The molecule has 0 amide bonds. The summed E-state index contributed by atoms with van der Waals surface area (Å²) in [6.07, 6.45) is 6.41. The third-order valence-electron chi connectivity index (χ3n) is 3.04. The third kappa shape index (κ3) is 4.00. The zero-order valence-electron chi connectivity index (χ0n) is 9.79. The van der Waals surface area contributed by atoms with Crippen LogP contribution in [0.1, 0.15) is 37.0 Å². The number of hydrogen-bond donors (Lipinski definition) is 2. The second-order valence-corrected chi connectivity index (χ2v) is 6.23. The van der Waals surface area contributed by atoms with Gasteiger partial charge in [0.05, 0.1) is 6.54 Å². The first-order chi connectivity index (χ1) is 8.25. The molecule has 0 atom stereocenters. The van der Waals surface area contributed by atoms with Crippen LogP contribution in [-0.4, -0.2) is 12.0 Å². The summed E-state index contributed by atoms with van der Waals surface area (Å²) in [7, 11) is 0. The van der Waals surface area contributed by atoms with Gasteiger partial charge in [0.15, 0.2) is 5.96 Å². The Labute approximate surface area is 115 Å². The van der Waals surface area contributed by atoms with E-state index in [1.165, 1.54) is 37.0 Å². The molecule has 3 N–H and O–H groups in total. The zero-order valence-corrected chi connectivity index (χ0v) is 12.2. The molecule has 3 nitrogen and oxygen atoms in total. The molecule has 1 saturated carbocycles. The molecule has 1 aromatic rings. The Bertz CT molecular complexity index is 383. The van der Waals surface area contributed by atoms with E-state index in [-0.39, 0.29) is 0 Å². The Morgan fingerprint density at radius 3 is 2.88 bits per heavy atom. The van der Waals surface area contributed by atoms with Gasteiger partial charge in [-0.15, -0.1) is 11.3 Å². The van der Waals surface area contributed by atoms with Crippen molar-refractivity contribution in [2.75, 3.05) is 0 Å². The van der Waals surface area contributed by atoms with Crippen molar-refractivity contribution < 1.29 is 0 Å². The molecule has 1 heterocycles. The summed E-state index contributed by atoms with van der Waals surface area (Å²) < 4.78 is 1.12. The van der Waals surface area contributed by atoms with E-state index < -0.39 is 0 Å². The Morgan fingerprint density at radius 2 is 2.24 bits per heavy atom. The molecule has 0 bridgehead atoms. The highest BCUT2D eigenvalue weighted by atomic mass is 79.9. The summed E-state index contributed by atoms with van der Waals surface area (Å²) in [6, 6.07) is 2.57. The molecule has 0 aliphatic heterocycles. The number of guanidine groups is 1. The lowest BCUT2D eigenvalue weighted by Crippen LogP contribution is -2.41. The molecular weight excluding hydrogens is 298 g/mol. The van der Waals surface area contributed by atoms with Crippen molar-refractivity contribution >= 4 is 33.2 Å². The molecule has 1 aromatic heterocycles. The summed E-state index contributed by atoms with van der Waals surface area (Å²) in [5, 5.41) is 5.37. The number of aliphatic imine (C=N–C) groups is 1. The maximum atomic E-state index is 5.90. The predicted molar refractivity (Wildman–Crippen MR) is 77.4 cm³/mol. The van der Waals surface area contributed by atoms with Gasteiger partial charge in [0.25, 0.3) is 0 Å². The Kier molecular flexibility index (Phi) is 4.86. The third-order valence-corrected chi connectivity index (χ3v) is 4.95. The van der Waals surface area contributed by atoms with Gasteiger partial charge >= 0.3 is 0 Å². The van der Waals surface area contributed by atoms with E-state index in [9.17, 15) is 0 Å². The van der Waals surface area contributed by atoms with Crippen LogP contribution in [0, 0.1) is 0 Å². The largest absolute Gasteiger partial charge is 0.370 e. The first kappa shape index (κ1) is 12.9. The van der Waals surface area contributed by atoms with Crippen molar-refractivity contribution in [2.24, 2.45) is 10.7 Å². The smallest absolute Gasteiger partial charge is 0.189 e. The van der Waals surface area contributed by atoms with Crippen LogP contribution in [-0.2, 0) is 6.54 Å². The van der Waals surface area contributed by atoms with Crippen LogP contribution in [0.5, 0.6) is 0 Å². The standard InChI is InChI=1S/C12H18BrN3S/c13-10-6-7-17-11(10)8-15-12(14)16-9-4-2-1-3-5-9/h6-7,9H,1-5,8H2,(H3,14,15,16). The van der Waals surface area contributed by atoms with Gasteiger partial charge in [-0.3, -0.25) is 0 Å². The average molecular weight is 316 g/mol. The van der Waals surface area contributed by atoms with Gasteiger partial charge in [0, 0.05) is 15.4 Å². The second kappa shape index (κ2) is 6.40. The van der Waals surface area contributed by atoms with E-state index in [1.54, 1.807) is 11.3 Å². The Hall–Kier alpha value is -0.550. The van der Waals surface area contributed by atoms with Crippen LogP contribution in [0.4, 0.5) is 0 Å². The fraction of sp³-hybridized carbons (Fsp3) is 0.583. The van der Waals surface area contributed by atoms with E-state index in [0.717, 1.165) is 4.47 Å². The molecular formula is C12H18BrN3S. The van der Waals surface area contributed by atoms with Crippen molar-refractivity contribution in [3.8, 4) is 0 Å². The molecule has 5 heteroatoms. The maximum Gasteiger partial charge on any atom is 0.189 e. The highest BCUT2D eigenvalue weighted by Gasteiger charge is 2.13. The van der Waals surface area contributed by atoms with Crippen molar-refractivity contribution in [3.63, 3.8) is 0 Å². The molecule has 1 aliphatic rings. The van der Waals surface area contributed by atoms with Crippen LogP contribution in [0.2, 0.25) is 0 Å². The monoisotopic (exact) mass is 315 g/mol. The van der Waals surface area contributed by atoms with Gasteiger partial charge in [-0.1, -0.05) is 19.3 Å². The minimum Gasteiger partial charge on any atom is -0.370 e. The summed E-state index contributed by atoms with van der Waals surface area (Å²) >= 11 is 5.20. The Morgan fingerprint density at radius 1 is 1.47 bits per heavy atom. The SMILES string of the molecule is NC(=NCc1sccc1Br)NC1CCCCC1. The van der Waals surface area contributed by atoms with Crippen molar-refractivity contribution in [2.45, 2.75) is 44.7 Å². The van der Waals surface area contributed by atoms with E-state index in [0.29, 0.717) is 18.5 Å². The van der Waals surface area contributed by atoms with Gasteiger partial charge in [-0.05, 0) is 40.2 Å². The quantitative estimate of drug-likeness (QED) is 0.664. The van der Waals surface area contributed by atoms with E-state index >= 15 is 0 Å². The predicted octanol–water partition coefficient (Wildman–Crippen LogP) is 3.25. The minimum atomic E-state index is 0.527. The lowest BCUT2D eigenvalue weighted by Gasteiger charge is -2.23. The van der Waals surface area contributed by atoms with Gasteiger partial charge in [0.1, 0.15) is 0 Å². The first-order valence-corrected chi connectivity index (χ1v) is 7.71. The molecule has 1 fully saturated rings. The van der Waals surface area contributed by atoms with Gasteiger partial charge in [0.2, 0.25) is 0 Å². The number of rotatable bonds is 3. The topological polar surface area (TPSA) is 50.4 Å². The average Bonchev–Trinajstić information content (AvgIpc) is 2.74. The normalized spacial score (nSPS) is 18.3. The minimum absolute atomic E-state index is 0.527. The molecule has 0 radical (unpaired) electrons. The van der Waals surface area contributed by atoms with E-state index in [4.69, 9.17) is 5.73 Å². The summed E-state index contributed by atoms with van der Waals surface area (Å²) in [4.78, 5) is 5.61. The highest BCUT2D eigenvalue weighted by Crippen LogP contribution is 2.23. The van der Waals surface area contributed by atoms with Crippen molar-refractivity contribution in [1.29, 1.82) is 0 Å².